The van der Waals surface area contributed by atoms with Crippen LogP contribution >= 0.6 is 0 Å². The lowest BCUT2D eigenvalue weighted by Gasteiger charge is -2.32. The van der Waals surface area contributed by atoms with Crippen molar-refractivity contribution in [2.45, 2.75) is 45.3 Å². The molecule has 2 atom stereocenters. The van der Waals surface area contributed by atoms with Gasteiger partial charge in [0, 0.05) is 19.0 Å². The predicted octanol–water partition coefficient (Wildman–Crippen LogP) is 4.77. The number of rotatable bonds is 12. The highest BCUT2D eigenvalue weighted by Gasteiger charge is 2.31. The molecule has 0 spiro atoms. The monoisotopic (exact) mass is 492 g/mol. The lowest BCUT2D eigenvalue weighted by molar-refractivity contribution is -0.143. The summed E-state index contributed by atoms with van der Waals surface area (Å²) in [7, 11) is 1.53. The Balaban J connectivity index is 1.92. The average Bonchev–Trinajstić information content (AvgIpc) is 2.90. The Morgan fingerprint density at radius 1 is 0.917 bits per heavy atom. The molecule has 3 aromatic rings. The van der Waals surface area contributed by atoms with Gasteiger partial charge in [-0.25, -0.2) is 4.39 Å². The summed E-state index contributed by atoms with van der Waals surface area (Å²) in [6, 6.07) is 21.7. The van der Waals surface area contributed by atoms with Crippen LogP contribution in [0.5, 0.6) is 11.5 Å². The molecule has 0 fully saturated rings. The molecule has 0 bridgehead atoms. The quantitative estimate of drug-likeness (QED) is 0.396. The van der Waals surface area contributed by atoms with Gasteiger partial charge in [-0.3, -0.25) is 9.59 Å². The van der Waals surface area contributed by atoms with Crippen molar-refractivity contribution in [2.75, 3.05) is 13.7 Å². The fourth-order valence-corrected chi connectivity index (χ4v) is 3.74. The number of methoxy groups -OCH3 is 1. The zero-order chi connectivity index (χ0) is 25.9. The maximum atomic E-state index is 13.6. The summed E-state index contributed by atoms with van der Waals surface area (Å²) in [5, 5.41) is 3.02. The van der Waals surface area contributed by atoms with Crippen molar-refractivity contribution in [1.29, 1.82) is 0 Å². The molecule has 1 N–H and O–H groups in total. The fourth-order valence-electron chi connectivity index (χ4n) is 3.74. The highest BCUT2D eigenvalue weighted by molar-refractivity contribution is 5.88. The van der Waals surface area contributed by atoms with E-state index in [4.69, 9.17) is 9.47 Å². The highest BCUT2D eigenvalue weighted by atomic mass is 19.1. The molecular weight excluding hydrogens is 459 g/mol. The number of carbonyl (C=O) groups is 2. The molecule has 0 saturated carbocycles. The molecule has 0 saturated heterocycles. The summed E-state index contributed by atoms with van der Waals surface area (Å²) >= 11 is 0. The van der Waals surface area contributed by atoms with E-state index in [1.54, 1.807) is 30.3 Å². The summed E-state index contributed by atoms with van der Waals surface area (Å²) < 4.78 is 24.7. The second-order valence-corrected chi connectivity index (χ2v) is 8.61. The maximum Gasteiger partial charge on any atom is 0.261 e. The van der Waals surface area contributed by atoms with Gasteiger partial charge in [-0.15, -0.1) is 0 Å². The van der Waals surface area contributed by atoms with Gasteiger partial charge >= 0.3 is 0 Å². The predicted molar refractivity (Wildman–Crippen MR) is 137 cm³/mol. The number of halogens is 1. The molecule has 0 aromatic heterocycles. The molecule has 0 aliphatic rings. The molecule has 36 heavy (non-hydrogen) atoms. The van der Waals surface area contributed by atoms with Crippen LogP contribution in [0.25, 0.3) is 0 Å². The second kappa shape index (κ2) is 13.3. The lowest BCUT2D eigenvalue weighted by Crippen LogP contribution is -2.53. The molecule has 0 heterocycles. The third-order valence-corrected chi connectivity index (χ3v) is 5.96. The Morgan fingerprint density at radius 3 is 2.19 bits per heavy atom. The van der Waals surface area contributed by atoms with Crippen LogP contribution in [-0.4, -0.2) is 42.5 Å². The van der Waals surface area contributed by atoms with Crippen LogP contribution in [0.3, 0.4) is 0 Å². The zero-order valence-electron chi connectivity index (χ0n) is 20.9. The maximum absolute atomic E-state index is 13.6. The molecule has 0 radical (unpaired) electrons. The lowest BCUT2D eigenvalue weighted by atomic mass is 10.0. The Labute approximate surface area is 212 Å². The number of carbonyl (C=O) groups excluding carboxylic acids is 2. The SMILES string of the molecule is CC[C@@H](C)NC(=O)[C@@H](Cc1ccccc1)N(Cc1ccc(F)cc1)C(=O)COc1ccccc1OC. The van der Waals surface area contributed by atoms with Crippen LogP contribution in [0.15, 0.2) is 78.9 Å². The molecule has 0 aliphatic heterocycles. The summed E-state index contributed by atoms with van der Waals surface area (Å²) in [6.07, 6.45) is 1.08. The van der Waals surface area contributed by atoms with Gasteiger partial charge < -0.3 is 19.7 Å². The third-order valence-electron chi connectivity index (χ3n) is 5.96. The van der Waals surface area contributed by atoms with Gasteiger partial charge in [-0.05, 0) is 48.7 Å². The molecule has 2 amide bonds. The van der Waals surface area contributed by atoms with E-state index in [2.05, 4.69) is 5.32 Å². The minimum atomic E-state index is -0.791. The normalized spacial score (nSPS) is 12.3. The van der Waals surface area contributed by atoms with Gasteiger partial charge in [0.15, 0.2) is 18.1 Å². The fraction of sp³-hybridized carbons (Fsp3) is 0.310. The first-order chi connectivity index (χ1) is 17.4. The van der Waals surface area contributed by atoms with E-state index < -0.39 is 6.04 Å². The first-order valence-corrected chi connectivity index (χ1v) is 12.0. The second-order valence-electron chi connectivity index (χ2n) is 8.61. The molecule has 0 aliphatic carbocycles. The van der Waals surface area contributed by atoms with E-state index in [0.29, 0.717) is 23.5 Å². The Bertz CT molecular complexity index is 1120. The van der Waals surface area contributed by atoms with E-state index >= 15 is 0 Å². The summed E-state index contributed by atoms with van der Waals surface area (Å²) in [6.45, 7) is 3.75. The van der Waals surface area contributed by atoms with E-state index in [-0.39, 0.29) is 36.8 Å². The number of nitrogens with zero attached hydrogens (tertiary/aromatic N) is 1. The zero-order valence-corrected chi connectivity index (χ0v) is 20.9. The topological polar surface area (TPSA) is 67.9 Å². The van der Waals surface area contributed by atoms with Crippen LogP contribution < -0.4 is 14.8 Å². The smallest absolute Gasteiger partial charge is 0.261 e. The van der Waals surface area contributed by atoms with Crippen LogP contribution in [0, 0.1) is 5.82 Å². The van der Waals surface area contributed by atoms with Crippen LogP contribution in [0.2, 0.25) is 0 Å². The summed E-state index contributed by atoms with van der Waals surface area (Å²) in [4.78, 5) is 28.5. The number of para-hydroxylation sites is 2. The van der Waals surface area contributed by atoms with Crippen molar-refractivity contribution >= 4 is 11.8 Å². The van der Waals surface area contributed by atoms with Crippen molar-refractivity contribution < 1.29 is 23.5 Å². The van der Waals surface area contributed by atoms with Crippen LogP contribution in [0.4, 0.5) is 4.39 Å². The summed E-state index contributed by atoms with van der Waals surface area (Å²) in [5.74, 6) is -0.0533. The number of benzene rings is 3. The van der Waals surface area contributed by atoms with Crippen molar-refractivity contribution in [3.8, 4) is 11.5 Å². The molecular formula is C29H33FN2O4. The molecule has 7 heteroatoms. The van der Waals surface area contributed by atoms with Crippen molar-refractivity contribution in [3.63, 3.8) is 0 Å². The Kier molecular flexibility index (Phi) is 9.86. The highest BCUT2D eigenvalue weighted by Crippen LogP contribution is 2.26. The minimum Gasteiger partial charge on any atom is -0.493 e. The first kappa shape index (κ1) is 26.7. The number of nitrogens with one attached hydrogen (secondary N) is 1. The van der Waals surface area contributed by atoms with Gasteiger partial charge in [0.2, 0.25) is 5.91 Å². The minimum absolute atomic E-state index is 0.0524. The third kappa shape index (κ3) is 7.57. The van der Waals surface area contributed by atoms with Gasteiger partial charge in [0.25, 0.3) is 5.91 Å². The molecule has 0 unspecified atom stereocenters. The number of amides is 2. The molecule has 3 aromatic carbocycles. The largest absolute Gasteiger partial charge is 0.493 e. The average molecular weight is 493 g/mol. The van der Waals surface area contributed by atoms with Crippen LogP contribution in [-0.2, 0) is 22.6 Å². The van der Waals surface area contributed by atoms with E-state index in [1.807, 2.05) is 50.2 Å². The number of ether oxygens (including phenoxy) is 2. The standard InChI is InChI=1S/C29H33FN2O4/c1-4-21(2)31-29(34)25(18-22-10-6-5-7-11-22)32(19-23-14-16-24(30)17-15-23)28(33)20-36-27-13-9-8-12-26(27)35-3/h5-17,21,25H,4,18-20H2,1-3H3,(H,31,34)/t21-,25-/m1/s1. The van der Waals surface area contributed by atoms with Crippen molar-refractivity contribution in [1.82, 2.24) is 10.2 Å². The van der Waals surface area contributed by atoms with Crippen LogP contribution in [0.1, 0.15) is 31.4 Å². The summed E-state index contributed by atoms with van der Waals surface area (Å²) in [5.41, 5.74) is 1.63. The number of hydrogen-bond donors (Lipinski definition) is 1. The van der Waals surface area contributed by atoms with Gasteiger partial charge in [0.1, 0.15) is 11.9 Å². The van der Waals surface area contributed by atoms with E-state index in [1.165, 1.54) is 24.1 Å². The Morgan fingerprint density at radius 2 is 1.56 bits per heavy atom. The first-order valence-electron chi connectivity index (χ1n) is 12.0. The van der Waals surface area contributed by atoms with Gasteiger partial charge in [-0.1, -0.05) is 61.5 Å². The van der Waals surface area contributed by atoms with E-state index in [0.717, 1.165) is 12.0 Å². The molecule has 190 valence electrons. The van der Waals surface area contributed by atoms with Crippen molar-refractivity contribution in [3.05, 3.63) is 95.8 Å². The van der Waals surface area contributed by atoms with Gasteiger partial charge in [-0.2, -0.15) is 0 Å². The molecule has 6 nitrogen and oxygen atoms in total. The van der Waals surface area contributed by atoms with Gasteiger partial charge in [0.05, 0.1) is 7.11 Å². The number of hydrogen-bond acceptors (Lipinski definition) is 4. The van der Waals surface area contributed by atoms with Crippen molar-refractivity contribution in [2.24, 2.45) is 0 Å². The Hall–Kier alpha value is -3.87. The van der Waals surface area contributed by atoms with E-state index in [9.17, 15) is 14.0 Å². The molecule has 3 rings (SSSR count).